The quantitative estimate of drug-likeness (QED) is 0.556. The molecule has 0 aromatic rings. The molecule has 1 nitrogen and oxygen atoms in total. The fourth-order valence-electron chi connectivity index (χ4n) is 1.52. The first kappa shape index (κ1) is 8.51. The van der Waals surface area contributed by atoms with E-state index in [-0.39, 0.29) is 0 Å². The lowest BCUT2D eigenvalue weighted by atomic mass is 10.0. The number of carbonyl (C=O) groups excluding carboxylic acids is 1. The summed E-state index contributed by atoms with van der Waals surface area (Å²) in [5, 5.41) is 0. The van der Waals surface area contributed by atoms with Gasteiger partial charge in [-0.25, -0.2) is 0 Å². The van der Waals surface area contributed by atoms with Crippen LogP contribution in [0.5, 0.6) is 0 Å². The van der Waals surface area contributed by atoms with Crippen molar-refractivity contribution >= 4 is 5.78 Å². The molecule has 0 aromatic carbocycles. The number of hydrogen-bond acceptors (Lipinski definition) is 1. The van der Waals surface area contributed by atoms with Gasteiger partial charge in [-0.1, -0.05) is 11.6 Å². The predicted octanol–water partition coefficient (Wildman–Crippen LogP) is 2.71. The van der Waals surface area contributed by atoms with Crippen LogP contribution in [0.25, 0.3) is 0 Å². The SMILES string of the molecule is CC(C)=CC[C@@H]1CCCC1=O. The maximum Gasteiger partial charge on any atom is 0.136 e. The summed E-state index contributed by atoms with van der Waals surface area (Å²) in [6.45, 7) is 4.17. The van der Waals surface area contributed by atoms with Crippen LogP contribution in [-0.2, 0) is 4.79 Å². The van der Waals surface area contributed by atoms with Gasteiger partial charge in [-0.3, -0.25) is 4.79 Å². The molecule has 1 rings (SSSR count). The lowest BCUT2D eigenvalue weighted by Crippen LogP contribution is -2.04. The van der Waals surface area contributed by atoms with Crippen molar-refractivity contribution in [3.05, 3.63) is 11.6 Å². The molecule has 1 heteroatoms. The zero-order chi connectivity index (χ0) is 8.27. The van der Waals surface area contributed by atoms with Crippen LogP contribution in [0.2, 0.25) is 0 Å². The van der Waals surface area contributed by atoms with Gasteiger partial charge in [0.25, 0.3) is 0 Å². The highest BCUT2D eigenvalue weighted by Gasteiger charge is 2.22. The Kier molecular flexibility index (Phi) is 2.86. The van der Waals surface area contributed by atoms with E-state index in [1.165, 1.54) is 5.57 Å². The summed E-state index contributed by atoms with van der Waals surface area (Å²) in [5.41, 5.74) is 1.32. The Balaban J connectivity index is 2.37. The van der Waals surface area contributed by atoms with Crippen LogP contribution >= 0.6 is 0 Å². The highest BCUT2D eigenvalue weighted by Crippen LogP contribution is 2.24. The van der Waals surface area contributed by atoms with Gasteiger partial charge in [0.1, 0.15) is 5.78 Å². The van der Waals surface area contributed by atoms with E-state index >= 15 is 0 Å². The van der Waals surface area contributed by atoms with Crippen molar-refractivity contribution in [1.29, 1.82) is 0 Å². The van der Waals surface area contributed by atoms with E-state index in [1.807, 2.05) is 0 Å². The third kappa shape index (κ3) is 2.49. The summed E-state index contributed by atoms with van der Waals surface area (Å²) in [7, 11) is 0. The first-order chi connectivity index (χ1) is 5.20. The second-order valence-corrected chi connectivity index (χ2v) is 3.57. The topological polar surface area (TPSA) is 17.1 Å². The Hall–Kier alpha value is -0.590. The molecule has 1 aliphatic carbocycles. The summed E-state index contributed by atoms with van der Waals surface area (Å²) in [5.74, 6) is 0.826. The first-order valence-electron chi connectivity index (χ1n) is 4.36. The number of hydrogen-bond donors (Lipinski definition) is 0. The average Bonchev–Trinajstić information content (AvgIpc) is 2.31. The van der Waals surface area contributed by atoms with Crippen LogP contribution in [0.15, 0.2) is 11.6 Å². The molecule has 0 bridgehead atoms. The third-order valence-electron chi connectivity index (χ3n) is 2.24. The Morgan fingerprint density at radius 2 is 2.36 bits per heavy atom. The van der Waals surface area contributed by atoms with Gasteiger partial charge in [0, 0.05) is 12.3 Å². The van der Waals surface area contributed by atoms with E-state index in [9.17, 15) is 4.79 Å². The van der Waals surface area contributed by atoms with Crippen LogP contribution < -0.4 is 0 Å². The van der Waals surface area contributed by atoms with E-state index in [4.69, 9.17) is 0 Å². The van der Waals surface area contributed by atoms with Crippen molar-refractivity contribution in [2.75, 3.05) is 0 Å². The van der Waals surface area contributed by atoms with Gasteiger partial charge in [0.2, 0.25) is 0 Å². The molecule has 0 spiro atoms. The van der Waals surface area contributed by atoms with Gasteiger partial charge >= 0.3 is 0 Å². The van der Waals surface area contributed by atoms with Gasteiger partial charge in [0.15, 0.2) is 0 Å². The molecule has 0 aliphatic heterocycles. The number of rotatable bonds is 2. The molecule has 1 atom stereocenters. The molecule has 1 fully saturated rings. The van der Waals surface area contributed by atoms with Gasteiger partial charge in [-0.05, 0) is 33.1 Å². The maximum atomic E-state index is 11.2. The second-order valence-electron chi connectivity index (χ2n) is 3.57. The van der Waals surface area contributed by atoms with Crippen molar-refractivity contribution in [3.63, 3.8) is 0 Å². The molecule has 0 N–H and O–H groups in total. The molecule has 0 unspecified atom stereocenters. The molecule has 62 valence electrons. The minimum atomic E-state index is 0.352. The van der Waals surface area contributed by atoms with Crippen molar-refractivity contribution in [3.8, 4) is 0 Å². The van der Waals surface area contributed by atoms with Gasteiger partial charge < -0.3 is 0 Å². The molecule has 0 radical (unpaired) electrons. The summed E-state index contributed by atoms with van der Waals surface area (Å²) in [6, 6.07) is 0. The van der Waals surface area contributed by atoms with Gasteiger partial charge in [-0.2, -0.15) is 0 Å². The monoisotopic (exact) mass is 152 g/mol. The molecular formula is C10H16O. The number of allylic oxidation sites excluding steroid dienone is 2. The summed E-state index contributed by atoms with van der Waals surface area (Å²) in [6.07, 6.45) is 6.19. The maximum absolute atomic E-state index is 11.2. The Morgan fingerprint density at radius 1 is 1.64 bits per heavy atom. The zero-order valence-corrected chi connectivity index (χ0v) is 7.39. The third-order valence-corrected chi connectivity index (χ3v) is 2.24. The minimum absolute atomic E-state index is 0.352. The van der Waals surface area contributed by atoms with E-state index in [1.54, 1.807) is 0 Å². The van der Waals surface area contributed by atoms with Crippen molar-refractivity contribution in [2.24, 2.45) is 5.92 Å². The molecule has 0 heterocycles. The Bertz CT molecular complexity index is 175. The summed E-state index contributed by atoms with van der Waals surface area (Å²) < 4.78 is 0. The number of carbonyl (C=O) groups is 1. The van der Waals surface area contributed by atoms with E-state index in [0.717, 1.165) is 25.7 Å². The minimum Gasteiger partial charge on any atom is -0.299 e. The van der Waals surface area contributed by atoms with E-state index < -0.39 is 0 Å². The summed E-state index contributed by atoms with van der Waals surface area (Å²) >= 11 is 0. The van der Waals surface area contributed by atoms with Crippen molar-refractivity contribution in [2.45, 2.75) is 39.5 Å². The number of ketones is 1. The zero-order valence-electron chi connectivity index (χ0n) is 7.39. The van der Waals surface area contributed by atoms with Gasteiger partial charge in [-0.15, -0.1) is 0 Å². The van der Waals surface area contributed by atoms with Crippen LogP contribution in [0.4, 0.5) is 0 Å². The van der Waals surface area contributed by atoms with E-state index in [0.29, 0.717) is 11.7 Å². The molecular weight excluding hydrogens is 136 g/mol. The van der Waals surface area contributed by atoms with Crippen LogP contribution in [0, 0.1) is 5.92 Å². The van der Waals surface area contributed by atoms with Crippen LogP contribution in [0.1, 0.15) is 39.5 Å². The Morgan fingerprint density at radius 3 is 2.82 bits per heavy atom. The highest BCUT2D eigenvalue weighted by atomic mass is 16.1. The smallest absolute Gasteiger partial charge is 0.136 e. The lowest BCUT2D eigenvalue weighted by Gasteiger charge is -2.02. The van der Waals surface area contributed by atoms with Crippen LogP contribution in [-0.4, -0.2) is 5.78 Å². The molecule has 1 aliphatic rings. The second kappa shape index (κ2) is 3.70. The lowest BCUT2D eigenvalue weighted by molar-refractivity contribution is -0.120. The normalized spacial score (nSPS) is 23.8. The largest absolute Gasteiger partial charge is 0.299 e. The molecule has 0 amide bonds. The van der Waals surface area contributed by atoms with Gasteiger partial charge in [0.05, 0.1) is 0 Å². The van der Waals surface area contributed by atoms with Crippen LogP contribution in [0.3, 0.4) is 0 Å². The highest BCUT2D eigenvalue weighted by molar-refractivity contribution is 5.82. The summed E-state index contributed by atoms with van der Waals surface area (Å²) in [4.78, 5) is 11.2. The van der Waals surface area contributed by atoms with Crippen molar-refractivity contribution < 1.29 is 4.79 Å². The fourth-order valence-corrected chi connectivity index (χ4v) is 1.52. The molecule has 1 saturated carbocycles. The predicted molar refractivity (Wildman–Crippen MR) is 46.4 cm³/mol. The Labute approximate surface area is 68.5 Å². The average molecular weight is 152 g/mol. The molecule has 11 heavy (non-hydrogen) atoms. The standard InChI is InChI=1S/C10H16O/c1-8(2)6-7-9-4-3-5-10(9)11/h6,9H,3-5,7H2,1-2H3/t9-/m0/s1. The molecule has 0 saturated heterocycles. The number of Topliss-reactive ketones (excluding diaryl/α,β-unsaturated/α-hetero) is 1. The fraction of sp³-hybridized carbons (Fsp3) is 0.700. The first-order valence-corrected chi connectivity index (χ1v) is 4.36. The van der Waals surface area contributed by atoms with Crippen molar-refractivity contribution in [1.82, 2.24) is 0 Å². The molecule has 0 aromatic heterocycles. The van der Waals surface area contributed by atoms with E-state index in [2.05, 4.69) is 19.9 Å².